The molecule has 0 atom stereocenters. The zero-order valence-corrected chi connectivity index (χ0v) is 15.1. The number of nitrogens with one attached hydrogen (secondary N) is 1. The van der Waals surface area contributed by atoms with Gasteiger partial charge in [-0.1, -0.05) is 0 Å². The van der Waals surface area contributed by atoms with Crippen LogP contribution in [0, 0.1) is 6.92 Å². The number of hydrogen-bond acceptors (Lipinski definition) is 7. The van der Waals surface area contributed by atoms with Gasteiger partial charge < -0.3 is 14.5 Å². The monoisotopic (exact) mass is 378 g/mol. The molecule has 3 aromatic heterocycles. The Hall–Kier alpha value is -3.52. The van der Waals surface area contributed by atoms with Crippen molar-refractivity contribution in [2.45, 2.75) is 6.92 Å². The van der Waals surface area contributed by atoms with Crippen LogP contribution in [0.3, 0.4) is 0 Å². The van der Waals surface area contributed by atoms with E-state index < -0.39 is 0 Å². The molecule has 0 fully saturated rings. The summed E-state index contributed by atoms with van der Waals surface area (Å²) >= 11 is 1.42. The lowest BCUT2D eigenvalue weighted by Gasteiger charge is -2.06. The van der Waals surface area contributed by atoms with Crippen LogP contribution in [0.4, 0.5) is 5.69 Å². The average molecular weight is 378 g/mol. The van der Waals surface area contributed by atoms with Gasteiger partial charge >= 0.3 is 0 Å². The van der Waals surface area contributed by atoms with Crippen LogP contribution in [0.25, 0.3) is 10.8 Å². The van der Waals surface area contributed by atoms with Crippen LogP contribution < -0.4 is 10.1 Å². The van der Waals surface area contributed by atoms with Crippen molar-refractivity contribution >= 4 is 22.9 Å². The molecule has 8 heteroatoms. The summed E-state index contributed by atoms with van der Waals surface area (Å²) in [6.07, 6.45) is 6.23. The Balaban J connectivity index is 1.45. The average Bonchev–Trinajstić information content (AvgIpc) is 3.34. The Morgan fingerprint density at radius 1 is 1.19 bits per heavy atom. The van der Waals surface area contributed by atoms with E-state index in [-0.39, 0.29) is 5.91 Å². The lowest BCUT2D eigenvalue weighted by Crippen LogP contribution is -2.13. The maximum atomic E-state index is 12.5. The smallest absolute Gasteiger partial charge is 0.275 e. The zero-order valence-electron chi connectivity index (χ0n) is 14.2. The summed E-state index contributed by atoms with van der Waals surface area (Å²) in [4.78, 5) is 25.8. The van der Waals surface area contributed by atoms with Crippen LogP contribution in [0.2, 0.25) is 0 Å². The second-order valence-electron chi connectivity index (χ2n) is 5.53. The van der Waals surface area contributed by atoms with E-state index in [1.807, 2.05) is 13.0 Å². The van der Waals surface area contributed by atoms with Crippen molar-refractivity contribution in [2.75, 3.05) is 5.32 Å². The minimum Gasteiger partial charge on any atom is -0.462 e. The molecular formula is C19H14N4O3S. The van der Waals surface area contributed by atoms with Gasteiger partial charge in [-0.15, -0.1) is 11.3 Å². The maximum Gasteiger partial charge on any atom is 0.275 e. The number of nitrogens with zero attached hydrogens (tertiary/aromatic N) is 3. The summed E-state index contributed by atoms with van der Waals surface area (Å²) in [5.74, 6) is 1.37. The van der Waals surface area contributed by atoms with E-state index in [1.165, 1.54) is 17.5 Å². The summed E-state index contributed by atoms with van der Waals surface area (Å²) < 4.78 is 10.9. The molecular weight excluding hydrogens is 364 g/mol. The van der Waals surface area contributed by atoms with Crippen LogP contribution >= 0.6 is 11.3 Å². The third kappa shape index (κ3) is 3.85. The van der Waals surface area contributed by atoms with Crippen LogP contribution in [-0.2, 0) is 0 Å². The highest BCUT2D eigenvalue weighted by molar-refractivity contribution is 7.15. The second kappa shape index (κ2) is 7.38. The van der Waals surface area contributed by atoms with E-state index in [0.717, 1.165) is 4.88 Å². The molecule has 0 spiro atoms. The van der Waals surface area contributed by atoms with Crippen LogP contribution in [-0.4, -0.2) is 20.9 Å². The van der Waals surface area contributed by atoms with E-state index in [4.69, 9.17) is 9.15 Å². The third-order valence-electron chi connectivity index (χ3n) is 3.62. The second-order valence-corrected chi connectivity index (χ2v) is 6.73. The van der Waals surface area contributed by atoms with Gasteiger partial charge in [0.05, 0.1) is 12.5 Å². The third-order valence-corrected chi connectivity index (χ3v) is 4.60. The molecule has 1 N–H and O–H groups in total. The summed E-state index contributed by atoms with van der Waals surface area (Å²) in [7, 11) is 0. The molecule has 1 aromatic carbocycles. The van der Waals surface area contributed by atoms with Crippen molar-refractivity contribution in [2.24, 2.45) is 0 Å². The van der Waals surface area contributed by atoms with E-state index >= 15 is 0 Å². The number of aryl methyl sites for hydroxylation is 1. The number of aromatic nitrogens is 3. The first kappa shape index (κ1) is 16.9. The van der Waals surface area contributed by atoms with Crippen LogP contribution in [0.5, 0.6) is 11.6 Å². The molecule has 0 unspecified atom stereocenters. The fraction of sp³-hybridized carbons (Fsp3) is 0.0526. The minimum atomic E-state index is -0.274. The molecule has 1 amide bonds. The molecule has 3 heterocycles. The summed E-state index contributed by atoms with van der Waals surface area (Å²) in [5, 5.41) is 3.52. The van der Waals surface area contributed by atoms with Crippen molar-refractivity contribution < 1.29 is 13.9 Å². The van der Waals surface area contributed by atoms with Gasteiger partial charge in [0.15, 0.2) is 10.8 Å². The molecule has 134 valence electrons. The van der Waals surface area contributed by atoms with Gasteiger partial charge in [0.1, 0.15) is 11.4 Å². The number of thiazole rings is 1. The predicted molar refractivity (Wildman–Crippen MR) is 101 cm³/mol. The highest BCUT2D eigenvalue weighted by Gasteiger charge is 2.17. The Morgan fingerprint density at radius 3 is 2.74 bits per heavy atom. The van der Waals surface area contributed by atoms with Gasteiger partial charge in [0.25, 0.3) is 5.91 Å². The van der Waals surface area contributed by atoms with E-state index in [0.29, 0.717) is 33.8 Å². The van der Waals surface area contributed by atoms with Crippen molar-refractivity contribution in [1.29, 1.82) is 0 Å². The van der Waals surface area contributed by atoms with Crippen LogP contribution in [0.15, 0.2) is 65.7 Å². The highest BCUT2D eigenvalue weighted by atomic mass is 32.1. The molecule has 4 rings (SSSR count). The number of carbonyl (C=O) groups excluding carboxylic acids is 1. The maximum absolute atomic E-state index is 12.5. The number of anilines is 1. The van der Waals surface area contributed by atoms with Crippen LogP contribution in [0.1, 0.15) is 15.4 Å². The number of ether oxygens (including phenoxy) is 1. The van der Waals surface area contributed by atoms with Gasteiger partial charge in [-0.3, -0.25) is 9.78 Å². The quantitative estimate of drug-likeness (QED) is 0.548. The molecule has 0 radical (unpaired) electrons. The minimum absolute atomic E-state index is 0.274. The molecule has 0 saturated heterocycles. The first-order valence-corrected chi connectivity index (χ1v) is 8.87. The van der Waals surface area contributed by atoms with Crippen molar-refractivity contribution in [3.05, 3.63) is 71.8 Å². The lowest BCUT2D eigenvalue weighted by atomic mass is 10.3. The van der Waals surface area contributed by atoms with Gasteiger partial charge in [-0.2, -0.15) is 0 Å². The van der Waals surface area contributed by atoms with E-state index in [2.05, 4.69) is 20.3 Å². The Bertz CT molecular complexity index is 1040. The number of amides is 1. The molecule has 27 heavy (non-hydrogen) atoms. The molecule has 7 nitrogen and oxygen atoms in total. The van der Waals surface area contributed by atoms with Crippen molar-refractivity contribution in [3.8, 4) is 22.4 Å². The Labute approximate surface area is 158 Å². The fourth-order valence-corrected chi connectivity index (χ4v) is 3.25. The Kier molecular flexibility index (Phi) is 4.63. The fourth-order valence-electron chi connectivity index (χ4n) is 2.37. The predicted octanol–water partition coefficient (Wildman–Crippen LogP) is 4.55. The first-order valence-electron chi connectivity index (χ1n) is 8.05. The normalized spacial score (nSPS) is 10.6. The zero-order chi connectivity index (χ0) is 18.6. The largest absolute Gasteiger partial charge is 0.462 e. The number of hydrogen-bond donors (Lipinski definition) is 1. The number of benzene rings is 1. The SMILES string of the molecule is Cc1sc(-c2ccco2)nc1C(=O)Nc1ccc(Oc2cnccn2)cc1. The number of carbonyl (C=O) groups is 1. The first-order chi connectivity index (χ1) is 13.2. The summed E-state index contributed by atoms with van der Waals surface area (Å²) in [6.45, 7) is 1.86. The molecule has 0 aliphatic carbocycles. The van der Waals surface area contributed by atoms with Gasteiger partial charge in [-0.25, -0.2) is 9.97 Å². The highest BCUT2D eigenvalue weighted by Crippen LogP contribution is 2.28. The van der Waals surface area contributed by atoms with Gasteiger partial charge in [-0.05, 0) is 43.3 Å². The van der Waals surface area contributed by atoms with E-state index in [1.54, 1.807) is 49.0 Å². The van der Waals surface area contributed by atoms with E-state index in [9.17, 15) is 4.79 Å². The van der Waals surface area contributed by atoms with Crippen molar-refractivity contribution in [3.63, 3.8) is 0 Å². The molecule has 0 aliphatic heterocycles. The number of furan rings is 1. The standard InChI is InChI=1S/C19H14N4O3S/c1-12-17(23-19(27-12)15-3-2-10-25-15)18(24)22-13-4-6-14(7-5-13)26-16-11-20-8-9-21-16/h2-11H,1H3,(H,22,24). The summed E-state index contributed by atoms with van der Waals surface area (Å²) in [5.41, 5.74) is 1.02. The molecule has 4 aromatic rings. The summed E-state index contributed by atoms with van der Waals surface area (Å²) in [6, 6.07) is 10.6. The van der Waals surface area contributed by atoms with Crippen molar-refractivity contribution in [1.82, 2.24) is 15.0 Å². The topological polar surface area (TPSA) is 90.1 Å². The Morgan fingerprint density at radius 2 is 2.04 bits per heavy atom. The van der Waals surface area contributed by atoms with Gasteiger partial charge in [0, 0.05) is 23.0 Å². The number of rotatable bonds is 5. The lowest BCUT2D eigenvalue weighted by molar-refractivity contribution is 0.102. The molecule has 0 aliphatic rings. The molecule has 0 bridgehead atoms. The molecule has 0 saturated carbocycles. The van der Waals surface area contributed by atoms with Gasteiger partial charge in [0.2, 0.25) is 5.88 Å².